The lowest BCUT2D eigenvalue weighted by atomic mass is 9.84. The molecule has 1 aliphatic rings. The number of hydrogen-bond acceptors (Lipinski definition) is 3. The van der Waals surface area contributed by atoms with E-state index < -0.39 is 0 Å². The van der Waals surface area contributed by atoms with Crippen LogP contribution in [0.3, 0.4) is 0 Å². The van der Waals surface area contributed by atoms with Gasteiger partial charge in [-0.25, -0.2) is 0 Å². The average Bonchev–Trinajstić information content (AvgIpc) is 2.76. The number of ether oxygens (including phenoxy) is 1. The molecule has 1 amide bonds. The summed E-state index contributed by atoms with van der Waals surface area (Å²) in [4.78, 5) is 18.3. The van der Waals surface area contributed by atoms with Crippen molar-refractivity contribution in [2.75, 3.05) is 6.54 Å². The van der Waals surface area contributed by atoms with Gasteiger partial charge in [-0.3, -0.25) is 9.78 Å². The van der Waals surface area contributed by atoms with E-state index in [4.69, 9.17) is 4.74 Å². The van der Waals surface area contributed by atoms with Crippen molar-refractivity contribution in [2.24, 2.45) is 0 Å². The number of amides is 1. The second-order valence-electron chi connectivity index (χ2n) is 9.75. The van der Waals surface area contributed by atoms with Crippen LogP contribution in [0.25, 0.3) is 11.1 Å². The summed E-state index contributed by atoms with van der Waals surface area (Å²) >= 11 is 0. The maximum absolute atomic E-state index is 11.9. The minimum absolute atomic E-state index is 0.0328. The molecule has 0 fully saturated rings. The Morgan fingerprint density at radius 2 is 1.88 bits per heavy atom. The van der Waals surface area contributed by atoms with Crippen LogP contribution in [0.4, 0.5) is 0 Å². The van der Waals surface area contributed by atoms with Gasteiger partial charge in [-0.15, -0.1) is 0 Å². The molecule has 0 atom stereocenters. The monoisotopic (exact) mass is 428 g/mol. The molecule has 0 saturated carbocycles. The van der Waals surface area contributed by atoms with E-state index in [1.165, 1.54) is 22.3 Å². The van der Waals surface area contributed by atoms with Gasteiger partial charge < -0.3 is 9.64 Å². The largest absolute Gasteiger partial charge is 0.487 e. The van der Waals surface area contributed by atoms with Crippen molar-refractivity contribution in [1.29, 1.82) is 0 Å². The van der Waals surface area contributed by atoms with Crippen LogP contribution >= 0.6 is 0 Å². The lowest BCUT2D eigenvalue weighted by Crippen LogP contribution is -2.34. The fourth-order valence-corrected chi connectivity index (χ4v) is 4.17. The molecule has 0 spiro atoms. The van der Waals surface area contributed by atoms with Gasteiger partial charge in [0.2, 0.25) is 5.91 Å². The predicted molar refractivity (Wildman–Crippen MR) is 129 cm³/mol. The molecule has 4 heteroatoms. The second kappa shape index (κ2) is 8.78. The molecule has 0 radical (unpaired) electrons. The zero-order valence-corrected chi connectivity index (χ0v) is 19.7. The van der Waals surface area contributed by atoms with Crippen molar-refractivity contribution in [1.82, 2.24) is 9.88 Å². The third kappa shape index (κ3) is 4.85. The molecule has 0 saturated heterocycles. The Morgan fingerprint density at radius 1 is 1.06 bits per heavy atom. The van der Waals surface area contributed by atoms with Gasteiger partial charge in [0.1, 0.15) is 12.4 Å². The predicted octanol–water partition coefficient (Wildman–Crippen LogP) is 5.84. The van der Waals surface area contributed by atoms with E-state index >= 15 is 0 Å². The molecule has 0 N–H and O–H groups in total. The first-order valence-corrected chi connectivity index (χ1v) is 11.3. The fraction of sp³-hybridized carbons (Fsp3) is 0.357. The summed E-state index contributed by atoms with van der Waals surface area (Å²) in [6, 6.07) is 17.1. The van der Waals surface area contributed by atoms with Gasteiger partial charge in [-0.1, -0.05) is 39.0 Å². The van der Waals surface area contributed by atoms with Crippen molar-refractivity contribution < 1.29 is 9.53 Å². The first kappa shape index (κ1) is 22.1. The maximum Gasteiger partial charge on any atom is 0.219 e. The SMILES string of the molecule is CC(=O)N1CCc2ccc(-c3cc(C(C)(C)C)ccc3OCc3cc(C)ccn3)cc2C1. The Hall–Kier alpha value is -3.14. The topological polar surface area (TPSA) is 42.4 Å². The molecule has 1 aliphatic heterocycles. The fourth-order valence-electron chi connectivity index (χ4n) is 4.17. The van der Waals surface area contributed by atoms with Gasteiger partial charge in [0.15, 0.2) is 0 Å². The van der Waals surface area contributed by atoms with E-state index in [9.17, 15) is 4.79 Å². The standard InChI is InChI=1S/C28H32N2O2/c1-19-10-12-29-25(14-19)18-32-27-9-8-24(28(3,4)5)16-26(27)22-7-6-21-11-13-30(20(2)31)17-23(21)15-22/h6-10,12,14-16H,11,13,17-18H2,1-5H3. The molecular weight excluding hydrogens is 396 g/mol. The lowest BCUT2D eigenvalue weighted by Gasteiger charge is -2.28. The van der Waals surface area contributed by atoms with Crippen LogP contribution in [0.2, 0.25) is 0 Å². The Labute approximate surface area is 191 Å². The Kier molecular flexibility index (Phi) is 6.05. The summed E-state index contributed by atoms with van der Waals surface area (Å²) in [5, 5.41) is 0. The number of hydrogen-bond donors (Lipinski definition) is 0. The molecule has 0 aliphatic carbocycles. The molecular formula is C28H32N2O2. The van der Waals surface area contributed by atoms with Crippen LogP contribution < -0.4 is 4.74 Å². The Balaban J connectivity index is 1.71. The second-order valence-corrected chi connectivity index (χ2v) is 9.75. The highest BCUT2D eigenvalue weighted by Crippen LogP contribution is 2.37. The van der Waals surface area contributed by atoms with Crippen molar-refractivity contribution in [3.05, 3.63) is 82.7 Å². The van der Waals surface area contributed by atoms with Crippen LogP contribution in [-0.4, -0.2) is 22.3 Å². The highest BCUT2D eigenvalue weighted by atomic mass is 16.5. The van der Waals surface area contributed by atoms with E-state index in [2.05, 4.69) is 75.1 Å². The Bertz CT molecular complexity index is 1140. The van der Waals surface area contributed by atoms with Crippen LogP contribution in [0.5, 0.6) is 5.75 Å². The highest BCUT2D eigenvalue weighted by Gasteiger charge is 2.21. The van der Waals surface area contributed by atoms with Crippen LogP contribution in [0.1, 0.15) is 55.6 Å². The minimum Gasteiger partial charge on any atom is -0.487 e. The van der Waals surface area contributed by atoms with E-state index in [1.54, 1.807) is 6.92 Å². The summed E-state index contributed by atoms with van der Waals surface area (Å²) in [7, 11) is 0. The number of carbonyl (C=O) groups excluding carboxylic acids is 1. The smallest absolute Gasteiger partial charge is 0.219 e. The number of aryl methyl sites for hydroxylation is 1. The minimum atomic E-state index is 0.0328. The van der Waals surface area contributed by atoms with Crippen molar-refractivity contribution in [3.8, 4) is 16.9 Å². The number of pyridine rings is 1. The van der Waals surface area contributed by atoms with Gasteiger partial charge in [-0.05, 0) is 76.9 Å². The third-order valence-corrected chi connectivity index (χ3v) is 6.17. The van der Waals surface area contributed by atoms with Gasteiger partial charge in [0.25, 0.3) is 0 Å². The van der Waals surface area contributed by atoms with Gasteiger partial charge in [-0.2, -0.15) is 0 Å². The van der Waals surface area contributed by atoms with Crippen LogP contribution in [-0.2, 0) is 29.8 Å². The number of nitrogens with zero attached hydrogens (tertiary/aromatic N) is 2. The van der Waals surface area contributed by atoms with Gasteiger partial charge >= 0.3 is 0 Å². The maximum atomic E-state index is 11.9. The van der Waals surface area contributed by atoms with Crippen molar-refractivity contribution in [3.63, 3.8) is 0 Å². The van der Waals surface area contributed by atoms with E-state index in [0.717, 1.165) is 35.5 Å². The molecule has 1 aromatic heterocycles. The zero-order chi connectivity index (χ0) is 22.9. The number of fused-ring (bicyclic) bond motifs is 1. The summed E-state index contributed by atoms with van der Waals surface area (Å²) in [5.74, 6) is 0.978. The molecule has 166 valence electrons. The first-order chi connectivity index (χ1) is 15.2. The van der Waals surface area contributed by atoms with Crippen molar-refractivity contribution >= 4 is 5.91 Å². The third-order valence-electron chi connectivity index (χ3n) is 6.17. The molecule has 2 heterocycles. The van der Waals surface area contributed by atoms with Crippen LogP contribution in [0, 0.1) is 6.92 Å². The summed E-state index contributed by atoms with van der Waals surface area (Å²) in [5.41, 5.74) is 8.12. The summed E-state index contributed by atoms with van der Waals surface area (Å²) < 4.78 is 6.28. The number of carbonyl (C=O) groups is 1. The van der Waals surface area contributed by atoms with Gasteiger partial charge in [0, 0.05) is 31.8 Å². The van der Waals surface area contributed by atoms with E-state index in [1.807, 2.05) is 17.2 Å². The molecule has 0 bridgehead atoms. The molecule has 4 rings (SSSR count). The molecule has 32 heavy (non-hydrogen) atoms. The number of rotatable bonds is 4. The number of benzene rings is 2. The molecule has 2 aromatic carbocycles. The normalized spacial score (nSPS) is 13.6. The summed E-state index contributed by atoms with van der Waals surface area (Å²) in [6.45, 7) is 12.3. The average molecular weight is 429 g/mol. The summed E-state index contributed by atoms with van der Waals surface area (Å²) in [6.07, 6.45) is 2.72. The van der Waals surface area contributed by atoms with E-state index in [-0.39, 0.29) is 11.3 Å². The van der Waals surface area contributed by atoms with Gasteiger partial charge in [0.05, 0.1) is 5.69 Å². The number of aromatic nitrogens is 1. The van der Waals surface area contributed by atoms with E-state index in [0.29, 0.717) is 13.2 Å². The molecule has 4 nitrogen and oxygen atoms in total. The quantitative estimate of drug-likeness (QED) is 0.524. The Morgan fingerprint density at radius 3 is 2.59 bits per heavy atom. The lowest BCUT2D eigenvalue weighted by molar-refractivity contribution is -0.129. The zero-order valence-electron chi connectivity index (χ0n) is 19.7. The highest BCUT2D eigenvalue weighted by molar-refractivity contribution is 5.75. The van der Waals surface area contributed by atoms with Crippen LogP contribution in [0.15, 0.2) is 54.7 Å². The first-order valence-electron chi connectivity index (χ1n) is 11.3. The molecule has 0 unspecified atom stereocenters. The van der Waals surface area contributed by atoms with Crippen molar-refractivity contribution in [2.45, 2.75) is 59.6 Å². The molecule has 3 aromatic rings.